The average molecular weight is 248 g/mol. The van der Waals surface area contributed by atoms with Crippen molar-refractivity contribution in [3.8, 4) is 6.07 Å². The quantitative estimate of drug-likeness (QED) is 0.885. The van der Waals surface area contributed by atoms with Gasteiger partial charge in [-0.2, -0.15) is 5.26 Å². The molecule has 0 spiro atoms. The Morgan fingerprint density at radius 2 is 2.39 bits per heavy atom. The molecule has 1 unspecified atom stereocenters. The van der Waals surface area contributed by atoms with Gasteiger partial charge in [-0.05, 0) is 37.1 Å². The molecule has 1 N–H and O–H groups in total. The van der Waals surface area contributed by atoms with Gasteiger partial charge in [0.2, 0.25) is 0 Å². The summed E-state index contributed by atoms with van der Waals surface area (Å²) < 4.78 is 13.0. The van der Waals surface area contributed by atoms with Crippen LogP contribution >= 0.6 is 0 Å². The average Bonchev–Trinajstić information content (AvgIpc) is 2.79. The molecule has 1 fully saturated rings. The molecule has 1 aliphatic rings. The van der Waals surface area contributed by atoms with Crippen LogP contribution in [0.15, 0.2) is 18.2 Å². The van der Waals surface area contributed by atoms with Crippen LogP contribution in [0.1, 0.15) is 24.0 Å². The number of carboxylic acids is 1. The van der Waals surface area contributed by atoms with Crippen LogP contribution in [0.3, 0.4) is 0 Å². The van der Waals surface area contributed by atoms with Gasteiger partial charge in [-0.3, -0.25) is 9.69 Å². The number of hydrogen-bond donors (Lipinski definition) is 1. The molecule has 1 aliphatic heterocycles. The number of nitrogens with zero attached hydrogens (tertiary/aromatic N) is 2. The molecule has 0 saturated carbocycles. The summed E-state index contributed by atoms with van der Waals surface area (Å²) >= 11 is 0. The third-order valence-electron chi connectivity index (χ3n) is 3.21. The molecule has 1 aromatic rings. The summed E-state index contributed by atoms with van der Waals surface area (Å²) in [4.78, 5) is 12.9. The van der Waals surface area contributed by atoms with Gasteiger partial charge in [0.05, 0.1) is 11.6 Å². The molecular formula is C13H13FN2O2. The van der Waals surface area contributed by atoms with Crippen LogP contribution in [0.5, 0.6) is 0 Å². The fourth-order valence-corrected chi connectivity index (χ4v) is 2.30. The molecule has 2 rings (SSSR count). The predicted octanol–water partition coefficient (Wildman–Crippen LogP) is 1.75. The van der Waals surface area contributed by atoms with Gasteiger partial charge in [0, 0.05) is 6.54 Å². The van der Waals surface area contributed by atoms with Crippen LogP contribution in [-0.4, -0.2) is 28.6 Å². The van der Waals surface area contributed by atoms with E-state index in [2.05, 4.69) is 0 Å². The Hall–Kier alpha value is -1.93. The number of nitriles is 1. The lowest BCUT2D eigenvalue weighted by Crippen LogP contribution is -2.35. The number of halogens is 1. The van der Waals surface area contributed by atoms with Crippen molar-refractivity contribution in [3.05, 3.63) is 35.1 Å². The molecule has 1 atom stereocenters. The summed E-state index contributed by atoms with van der Waals surface area (Å²) in [7, 11) is 0. The second kappa shape index (κ2) is 5.15. The van der Waals surface area contributed by atoms with E-state index < -0.39 is 17.8 Å². The Morgan fingerprint density at radius 1 is 1.61 bits per heavy atom. The van der Waals surface area contributed by atoms with E-state index in [0.29, 0.717) is 25.1 Å². The van der Waals surface area contributed by atoms with Crippen molar-refractivity contribution in [1.82, 2.24) is 4.90 Å². The van der Waals surface area contributed by atoms with Crippen LogP contribution in [0.2, 0.25) is 0 Å². The van der Waals surface area contributed by atoms with Crippen molar-refractivity contribution >= 4 is 5.97 Å². The van der Waals surface area contributed by atoms with E-state index in [1.807, 2.05) is 11.0 Å². The first kappa shape index (κ1) is 12.5. The summed E-state index contributed by atoms with van der Waals surface area (Å²) in [5, 5.41) is 18.0. The molecular weight excluding hydrogens is 235 g/mol. The minimum Gasteiger partial charge on any atom is -0.480 e. The normalized spacial score (nSPS) is 19.7. The minimum atomic E-state index is -0.840. The molecule has 0 aromatic heterocycles. The van der Waals surface area contributed by atoms with Gasteiger partial charge in [0.25, 0.3) is 0 Å². The molecule has 94 valence electrons. The molecule has 0 bridgehead atoms. The Labute approximate surface area is 104 Å². The van der Waals surface area contributed by atoms with Crippen molar-refractivity contribution in [2.45, 2.75) is 25.4 Å². The highest BCUT2D eigenvalue weighted by Gasteiger charge is 2.30. The topological polar surface area (TPSA) is 64.3 Å². The van der Waals surface area contributed by atoms with Gasteiger partial charge in [-0.25, -0.2) is 4.39 Å². The van der Waals surface area contributed by atoms with Crippen LogP contribution < -0.4 is 0 Å². The van der Waals surface area contributed by atoms with Gasteiger partial charge >= 0.3 is 5.97 Å². The lowest BCUT2D eigenvalue weighted by molar-refractivity contribution is -0.142. The second-order valence-corrected chi connectivity index (χ2v) is 4.38. The van der Waals surface area contributed by atoms with Gasteiger partial charge in [0.1, 0.15) is 11.9 Å². The van der Waals surface area contributed by atoms with Crippen LogP contribution in [-0.2, 0) is 11.3 Å². The van der Waals surface area contributed by atoms with Gasteiger partial charge in [0.15, 0.2) is 0 Å². The third kappa shape index (κ3) is 2.49. The molecule has 4 nitrogen and oxygen atoms in total. The van der Waals surface area contributed by atoms with Crippen molar-refractivity contribution in [3.63, 3.8) is 0 Å². The highest BCUT2D eigenvalue weighted by Crippen LogP contribution is 2.22. The van der Waals surface area contributed by atoms with E-state index in [4.69, 9.17) is 10.4 Å². The number of carbonyl (C=O) groups is 1. The van der Waals surface area contributed by atoms with E-state index in [1.54, 1.807) is 6.07 Å². The highest BCUT2D eigenvalue weighted by molar-refractivity contribution is 5.73. The van der Waals surface area contributed by atoms with Gasteiger partial charge in [-0.15, -0.1) is 0 Å². The summed E-state index contributed by atoms with van der Waals surface area (Å²) in [5.74, 6) is -1.29. The minimum absolute atomic E-state index is 0.269. The number of rotatable bonds is 3. The summed E-state index contributed by atoms with van der Waals surface area (Å²) in [6.07, 6.45) is 1.46. The van der Waals surface area contributed by atoms with Crippen LogP contribution in [0.25, 0.3) is 0 Å². The van der Waals surface area contributed by atoms with Crippen molar-refractivity contribution in [1.29, 1.82) is 5.26 Å². The monoisotopic (exact) mass is 248 g/mol. The van der Waals surface area contributed by atoms with Crippen molar-refractivity contribution in [2.24, 2.45) is 0 Å². The number of likely N-dealkylation sites (tertiary alicyclic amines) is 1. The van der Waals surface area contributed by atoms with Crippen LogP contribution in [0.4, 0.5) is 4.39 Å². The Kier molecular flexibility index (Phi) is 3.58. The Bertz CT molecular complexity index is 510. The maximum absolute atomic E-state index is 13.0. The fraction of sp³-hybridized carbons (Fsp3) is 0.385. The lowest BCUT2D eigenvalue weighted by atomic mass is 10.1. The van der Waals surface area contributed by atoms with Crippen LogP contribution in [0, 0.1) is 17.1 Å². The molecule has 1 aromatic carbocycles. The molecule has 0 radical (unpaired) electrons. The molecule has 0 aliphatic carbocycles. The summed E-state index contributed by atoms with van der Waals surface area (Å²) in [6.45, 7) is 1.07. The fourth-order valence-electron chi connectivity index (χ4n) is 2.30. The first-order chi connectivity index (χ1) is 8.61. The standard InChI is InChI=1S/C13H13FN2O2/c14-11-4-3-9(10(6-11)7-15)8-16-5-1-2-12(16)13(17)18/h3-4,6,12H,1-2,5,8H2,(H,17,18). The van der Waals surface area contributed by atoms with E-state index >= 15 is 0 Å². The lowest BCUT2D eigenvalue weighted by Gasteiger charge is -2.21. The molecule has 1 heterocycles. The highest BCUT2D eigenvalue weighted by atomic mass is 19.1. The van der Waals surface area contributed by atoms with E-state index in [9.17, 15) is 9.18 Å². The largest absolute Gasteiger partial charge is 0.480 e. The molecule has 18 heavy (non-hydrogen) atoms. The number of aliphatic carboxylic acids is 1. The zero-order valence-corrected chi connectivity index (χ0v) is 9.77. The van der Waals surface area contributed by atoms with E-state index in [0.717, 1.165) is 6.42 Å². The van der Waals surface area contributed by atoms with E-state index in [-0.39, 0.29) is 5.56 Å². The number of hydrogen-bond acceptors (Lipinski definition) is 3. The zero-order valence-electron chi connectivity index (χ0n) is 9.77. The van der Waals surface area contributed by atoms with Crippen molar-refractivity contribution < 1.29 is 14.3 Å². The molecule has 1 saturated heterocycles. The second-order valence-electron chi connectivity index (χ2n) is 4.38. The smallest absolute Gasteiger partial charge is 0.320 e. The Morgan fingerprint density at radius 3 is 3.06 bits per heavy atom. The van der Waals surface area contributed by atoms with Gasteiger partial charge in [-0.1, -0.05) is 6.07 Å². The summed E-state index contributed by atoms with van der Waals surface area (Å²) in [5.41, 5.74) is 0.943. The van der Waals surface area contributed by atoms with E-state index in [1.165, 1.54) is 12.1 Å². The first-order valence-electron chi connectivity index (χ1n) is 5.77. The predicted molar refractivity (Wildman–Crippen MR) is 62.2 cm³/mol. The first-order valence-corrected chi connectivity index (χ1v) is 5.77. The number of benzene rings is 1. The third-order valence-corrected chi connectivity index (χ3v) is 3.21. The maximum Gasteiger partial charge on any atom is 0.320 e. The van der Waals surface area contributed by atoms with Crippen molar-refractivity contribution in [2.75, 3.05) is 6.54 Å². The Balaban J connectivity index is 2.19. The molecule has 0 amide bonds. The van der Waals surface area contributed by atoms with Gasteiger partial charge < -0.3 is 5.11 Å². The molecule has 5 heteroatoms. The maximum atomic E-state index is 13.0. The SMILES string of the molecule is N#Cc1cc(F)ccc1CN1CCCC1C(=O)O. The summed E-state index contributed by atoms with van der Waals surface area (Å²) in [6, 6.07) is 5.46. The number of carboxylic acid groups (broad SMARTS) is 1. The zero-order chi connectivity index (χ0) is 13.1.